The third-order valence-corrected chi connectivity index (χ3v) is 5.27. The first-order chi connectivity index (χ1) is 14.3. The molecule has 0 saturated carbocycles. The lowest BCUT2D eigenvalue weighted by atomic mass is 10.2. The third-order valence-electron chi connectivity index (χ3n) is 4.31. The maximum absolute atomic E-state index is 13.9. The number of benzene rings is 1. The number of anilines is 2. The number of rotatable bonds is 8. The molecule has 0 radical (unpaired) electrons. The molecule has 2 aromatic rings. The summed E-state index contributed by atoms with van der Waals surface area (Å²) in [7, 11) is 0. The van der Waals surface area contributed by atoms with Gasteiger partial charge in [0.05, 0.1) is 29.6 Å². The molecule has 0 bridgehead atoms. The van der Waals surface area contributed by atoms with Gasteiger partial charge in [0.15, 0.2) is 5.16 Å². The fourth-order valence-electron chi connectivity index (χ4n) is 2.95. The zero-order valence-corrected chi connectivity index (χ0v) is 17.5. The van der Waals surface area contributed by atoms with Gasteiger partial charge in [-0.2, -0.15) is 0 Å². The number of aromatic nitrogens is 3. The maximum Gasteiger partial charge on any atom is 0.271 e. The molecule has 0 spiro atoms. The Hall–Kier alpha value is -2.73. The summed E-state index contributed by atoms with van der Waals surface area (Å²) in [6.45, 7) is 7.51. The van der Waals surface area contributed by atoms with Crippen molar-refractivity contribution in [2.24, 2.45) is 5.92 Å². The predicted molar refractivity (Wildman–Crippen MR) is 110 cm³/mol. The first-order valence-electron chi connectivity index (χ1n) is 9.47. The molecule has 0 aliphatic carbocycles. The molecular formula is C18H23FN6O4S. The summed E-state index contributed by atoms with van der Waals surface area (Å²) >= 11 is 1.18. The average molecular weight is 438 g/mol. The fraction of sp³-hybridized carbons (Fsp3) is 0.500. The van der Waals surface area contributed by atoms with Crippen LogP contribution in [-0.4, -0.2) is 57.7 Å². The van der Waals surface area contributed by atoms with E-state index >= 15 is 0 Å². The van der Waals surface area contributed by atoms with E-state index in [1.54, 1.807) is 0 Å². The van der Waals surface area contributed by atoms with Crippen LogP contribution in [0.15, 0.2) is 23.4 Å². The molecule has 0 atom stereocenters. The van der Waals surface area contributed by atoms with Gasteiger partial charge in [0.25, 0.3) is 5.69 Å². The normalized spacial score (nSPS) is 14.2. The van der Waals surface area contributed by atoms with Crippen LogP contribution in [-0.2, 0) is 16.1 Å². The number of carbonyl (C=O) groups is 1. The summed E-state index contributed by atoms with van der Waals surface area (Å²) in [5.41, 5.74) is -0.529. The fourth-order valence-corrected chi connectivity index (χ4v) is 3.69. The number of thioether (sulfide) groups is 1. The first-order valence-corrected chi connectivity index (χ1v) is 10.5. The number of hydrogen-bond donors (Lipinski definition) is 1. The number of nitrogens with one attached hydrogen (secondary N) is 1. The van der Waals surface area contributed by atoms with Crippen molar-refractivity contribution in [2.75, 3.05) is 42.3 Å². The second-order valence-corrected chi connectivity index (χ2v) is 8.09. The van der Waals surface area contributed by atoms with Crippen LogP contribution in [0.1, 0.15) is 13.8 Å². The molecule has 12 heteroatoms. The summed E-state index contributed by atoms with van der Waals surface area (Å²) in [4.78, 5) is 24.6. The molecule has 1 aromatic heterocycles. The molecule has 1 aliphatic heterocycles. The third kappa shape index (κ3) is 5.45. The monoisotopic (exact) mass is 438 g/mol. The lowest BCUT2D eigenvalue weighted by Gasteiger charge is -2.28. The summed E-state index contributed by atoms with van der Waals surface area (Å²) in [6, 6.07) is 2.99. The van der Waals surface area contributed by atoms with E-state index in [0.29, 0.717) is 43.9 Å². The van der Waals surface area contributed by atoms with Crippen LogP contribution in [0.3, 0.4) is 0 Å². The van der Waals surface area contributed by atoms with Gasteiger partial charge in [-0.05, 0) is 12.0 Å². The maximum atomic E-state index is 13.9. The number of ether oxygens (including phenoxy) is 1. The second-order valence-electron chi connectivity index (χ2n) is 7.14. The van der Waals surface area contributed by atoms with Gasteiger partial charge in [0.1, 0.15) is 5.82 Å². The molecule has 30 heavy (non-hydrogen) atoms. The molecule has 1 aromatic carbocycles. The highest BCUT2D eigenvalue weighted by Gasteiger charge is 2.22. The van der Waals surface area contributed by atoms with Crippen LogP contribution in [0.2, 0.25) is 0 Å². The van der Waals surface area contributed by atoms with E-state index < -0.39 is 16.6 Å². The van der Waals surface area contributed by atoms with Crippen molar-refractivity contribution < 1.29 is 18.8 Å². The summed E-state index contributed by atoms with van der Waals surface area (Å²) in [6.07, 6.45) is 0. The molecule has 1 N–H and O–H groups in total. The largest absolute Gasteiger partial charge is 0.378 e. The van der Waals surface area contributed by atoms with Gasteiger partial charge in [0.2, 0.25) is 11.9 Å². The topological polar surface area (TPSA) is 115 Å². The van der Waals surface area contributed by atoms with Crippen molar-refractivity contribution in [1.82, 2.24) is 14.8 Å². The van der Waals surface area contributed by atoms with Crippen molar-refractivity contribution in [3.63, 3.8) is 0 Å². The van der Waals surface area contributed by atoms with E-state index in [1.807, 2.05) is 4.57 Å². The zero-order chi connectivity index (χ0) is 21.7. The molecule has 1 amide bonds. The highest BCUT2D eigenvalue weighted by atomic mass is 32.2. The van der Waals surface area contributed by atoms with Gasteiger partial charge < -0.3 is 15.0 Å². The van der Waals surface area contributed by atoms with Gasteiger partial charge in [-0.3, -0.25) is 19.5 Å². The average Bonchev–Trinajstić information content (AvgIpc) is 3.10. The molecule has 1 saturated heterocycles. The molecule has 1 aliphatic rings. The minimum atomic E-state index is -0.739. The number of amides is 1. The lowest BCUT2D eigenvalue weighted by Crippen LogP contribution is -2.38. The quantitative estimate of drug-likeness (QED) is 0.380. The lowest BCUT2D eigenvalue weighted by molar-refractivity contribution is -0.384. The highest BCUT2D eigenvalue weighted by Crippen LogP contribution is 2.25. The highest BCUT2D eigenvalue weighted by molar-refractivity contribution is 7.99. The van der Waals surface area contributed by atoms with Gasteiger partial charge >= 0.3 is 0 Å². The van der Waals surface area contributed by atoms with Crippen molar-refractivity contribution in [1.29, 1.82) is 0 Å². The number of morpholine rings is 1. The Bertz CT molecular complexity index is 916. The van der Waals surface area contributed by atoms with Crippen LogP contribution in [0.25, 0.3) is 0 Å². The Kier molecular flexibility index (Phi) is 7.21. The van der Waals surface area contributed by atoms with Crippen LogP contribution in [0.4, 0.5) is 21.7 Å². The summed E-state index contributed by atoms with van der Waals surface area (Å²) < 4.78 is 21.2. The number of nitro benzene ring substituents is 1. The van der Waals surface area contributed by atoms with Gasteiger partial charge in [0, 0.05) is 31.8 Å². The van der Waals surface area contributed by atoms with Crippen molar-refractivity contribution in [2.45, 2.75) is 25.5 Å². The van der Waals surface area contributed by atoms with E-state index in [4.69, 9.17) is 4.74 Å². The molecule has 10 nitrogen and oxygen atoms in total. The van der Waals surface area contributed by atoms with E-state index in [9.17, 15) is 19.3 Å². The Labute approximate surface area is 176 Å². The number of halogens is 1. The van der Waals surface area contributed by atoms with E-state index in [-0.39, 0.29) is 17.1 Å². The number of hydrogen-bond acceptors (Lipinski definition) is 8. The Morgan fingerprint density at radius 2 is 2.10 bits per heavy atom. The molecule has 0 unspecified atom stereocenters. The Morgan fingerprint density at radius 3 is 2.77 bits per heavy atom. The molecular weight excluding hydrogens is 415 g/mol. The van der Waals surface area contributed by atoms with E-state index in [0.717, 1.165) is 24.1 Å². The van der Waals surface area contributed by atoms with Gasteiger partial charge in [-0.1, -0.05) is 25.6 Å². The van der Waals surface area contributed by atoms with Crippen LogP contribution in [0, 0.1) is 21.8 Å². The predicted octanol–water partition coefficient (Wildman–Crippen LogP) is 2.55. The standard InChI is InChI=1S/C18H23FN6O4S/c1-12(2)10-24-17(23-5-7-29-8-6-23)21-22-18(24)30-11-16(26)20-15-9-13(25(27)28)3-4-14(15)19/h3-4,9,12H,5-8,10-11H2,1-2H3,(H,20,26). The SMILES string of the molecule is CC(C)Cn1c(SCC(=O)Nc2cc([N+](=O)[O-])ccc2F)nnc1N1CCOCC1. The smallest absolute Gasteiger partial charge is 0.271 e. The first kappa shape index (κ1) is 22.0. The number of non-ortho nitro benzene ring substituents is 1. The van der Waals surface area contributed by atoms with Crippen molar-refractivity contribution in [3.05, 3.63) is 34.1 Å². The zero-order valence-electron chi connectivity index (χ0n) is 16.7. The number of nitro groups is 1. The second kappa shape index (κ2) is 9.85. The minimum absolute atomic E-state index is 0.0402. The van der Waals surface area contributed by atoms with Crippen LogP contribution in [0.5, 0.6) is 0 Å². The van der Waals surface area contributed by atoms with Crippen molar-refractivity contribution >= 4 is 35.0 Å². The molecule has 3 rings (SSSR count). The number of carbonyl (C=O) groups excluding carboxylic acids is 1. The summed E-state index contributed by atoms with van der Waals surface area (Å²) in [5.74, 6) is -0.197. The van der Waals surface area contributed by atoms with Gasteiger partial charge in [-0.15, -0.1) is 10.2 Å². The molecule has 162 valence electrons. The Morgan fingerprint density at radius 1 is 1.37 bits per heavy atom. The van der Waals surface area contributed by atoms with Crippen LogP contribution >= 0.6 is 11.8 Å². The number of nitrogens with zero attached hydrogens (tertiary/aromatic N) is 5. The Balaban J connectivity index is 1.69. The van der Waals surface area contributed by atoms with E-state index in [1.165, 1.54) is 11.8 Å². The molecule has 1 fully saturated rings. The molecule has 2 heterocycles. The van der Waals surface area contributed by atoms with Crippen LogP contribution < -0.4 is 10.2 Å². The van der Waals surface area contributed by atoms with Gasteiger partial charge in [-0.25, -0.2) is 4.39 Å². The van der Waals surface area contributed by atoms with E-state index in [2.05, 4.69) is 34.3 Å². The van der Waals surface area contributed by atoms with Crippen molar-refractivity contribution in [3.8, 4) is 0 Å². The minimum Gasteiger partial charge on any atom is -0.378 e. The summed E-state index contributed by atoms with van der Waals surface area (Å²) in [5, 5.41) is 22.3.